The van der Waals surface area contributed by atoms with Gasteiger partial charge in [-0.15, -0.1) is 86.6 Å². The van der Waals surface area contributed by atoms with Crippen LogP contribution in [-0.2, 0) is 39.1 Å². The van der Waals surface area contributed by atoms with Crippen LogP contribution < -0.4 is 4.74 Å². The van der Waals surface area contributed by atoms with Crippen molar-refractivity contribution in [1.29, 1.82) is 0 Å². The third kappa shape index (κ3) is 5.00. The van der Waals surface area contributed by atoms with Crippen molar-refractivity contribution in [3.8, 4) is 5.75 Å². The number of benzene rings is 4. The Labute approximate surface area is 243 Å². The van der Waals surface area contributed by atoms with Crippen LogP contribution in [0.25, 0.3) is 32.3 Å². The van der Waals surface area contributed by atoms with Gasteiger partial charge in [-0.1, -0.05) is 74.2 Å². The Kier molecular flexibility index (Phi) is 8.44. The second-order valence-electron chi connectivity index (χ2n) is 10.1. The van der Waals surface area contributed by atoms with E-state index in [9.17, 15) is 0 Å². The molecule has 38 heavy (non-hydrogen) atoms. The van der Waals surface area contributed by atoms with Crippen LogP contribution in [0, 0.1) is 0 Å². The van der Waals surface area contributed by atoms with Gasteiger partial charge in [0, 0.05) is 0 Å². The second-order valence-corrected chi connectivity index (χ2v) is 13.8. The van der Waals surface area contributed by atoms with E-state index in [-0.39, 0.29) is 5.41 Å². The Bertz CT molecular complexity index is 1640. The maximum absolute atomic E-state index is 5.75. The molecule has 0 fully saturated rings. The summed E-state index contributed by atoms with van der Waals surface area (Å²) in [4.78, 5) is 0. The van der Waals surface area contributed by atoms with E-state index in [0.717, 1.165) is 18.6 Å². The normalized spacial score (nSPS) is 11.4. The van der Waals surface area contributed by atoms with Gasteiger partial charge in [-0.05, 0) is 23.5 Å². The third-order valence-corrected chi connectivity index (χ3v) is 7.77. The molecule has 0 aliphatic heterocycles. The molecule has 0 saturated carbocycles. The third-order valence-electron chi connectivity index (χ3n) is 7.77. The fourth-order valence-corrected chi connectivity index (χ4v) is 5.99. The Morgan fingerprint density at radius 1 is 0.737 bits per heavy atom. The monoisotopic (exact) mass is 614 g/mol. The molecule has 0 aliphatic carbocycles. The van der Waals surface area contributed by atoms with Crippen molar-refractivity contribution in [2.24, 2.45) is 0 Å². The van der Waals surface area contributed by atoms with Crippen molar-refractivity contribution >= 4 is 49.3 Å². The molecule has 0 unspecified atom stereocenters. The number of hydrogen-bond donors (Lipinski definition) is 0. The van der Waals surface area contributed by atoms with Crippen LogP contribution >= 0.6 is 17.0 Å². The molecule has 0 N–H and O–H groups in total. The molecule has 1 nitrogen and oxygen atoms in total. The summed E-state index contributed by atoms with van der Waals surface area (Å²) in [5.74, 6) is 0.944. The first-order chi connectivity index (χ1) is 18.5. The molecule has 4 heteroatoms. The standard InChI is InChI=1S/C34H30O.2ClH.Zr/c1-34(2,31-18-10-11-19-33(31)35-3)32-22-23(24-12-4-9-17-30(24)32)20-21-29-27-15-7-5-13-25(27)26-14-6-8-16-28(26)29;;;/h4-19,22H,20-21H2,1-3H3;2*1H;/q-2;;;+4/p-2. The van der Waals surface area contributed by atoms with Gasteiger partial charge in [0.1, 0.15) is 5.75 Å². The van der Waals surface area contributed by atoms with Gasteiger partial charge in [-0.2, -0.15) is 5.56 Å². The van der Waals surface area contributed by atoms with Gasteiger partial charge in [0.25, 0.3) is 0 Å². The van der Waals surface area contributed by atoms with E-state index in [1.165, 1.54) is 54.6 Å². The van der Waals surface area contributed by atoms with Gasteiger partial charge >= 0.3 is 37.9 Å². The maximum atomic E-state index is 5.75. The zero-order valence-corrected chi connectivity index (χ0v) is 25.9. The number of para-hydroxylation sites is 1. The van der Waals surface area contributed by atoms with Crippen molar-refractivity contribution < 1.29 is 25.6 Å². The van der Waals surface area contributed by atoms with Crippen molar-refractivity contribution in [3.63, 3.8) is 0 Å². The summed E-state index contributed by atoms with van der Waals surface area (Å²) in [6.45, 7) is 4.63. The van der Waals surface area contributed by atoms with E-state index < -0.39 is 20.8 Å². The van der Waals surface area contributed by atoms with Crippen LogP contribution in [0.4, 0.5) is 0 Å². The fourth-order valence-electron chi connectivity index (χ4n) is 5.99. The molecular weight excluding hydrogens is 587 g/mol. The first-order valence-corrected chi connectivity index (χ1v) is 19.2. The first-order valence-electron chi connectivity index (χ1n) is 12.8. The molecule has 0 aromatic heterocycles. The molecule has 0 bridgehead atoms. The van der Waals surface area contributed by atoms with E-state index in [1.807, 2.05) is 6.07 Å². The van der Waals surface area contributed by atoms with Gasteiger partial charge in [0.05, 0.1) is 7.11 Å². The topological polar surface area (TPSA) is 9.23 Å². The number of halogens is 2. The average molecular weight is 617 g/mol. The van der Waals surface area contributed by atoms with E-state index in [2.05, 4.69) is 111 Å². The molecule has 6 rings (SSSR count). The minimum atomic E-state index is -0.826. The molecule has 0 atom stereocenters. The molecule has 0 spiro atoms. The summed E-state index contributed by atoms with van der Waals surface area (Å²) >= 11 is -0.826. The molecule has 0 amide bonds. The van der Waals surface area contributed by atoms with Crippen LogP contribution in [0.3, 0.4) is 0 Å². The SMILES string of the molecule is COc1ccccc1C(C)(C)[c-]1cc(CCc2c3ccccc3c3cccc[c-]23)c2ccccc21.[Cl][Zr+2][Cl]. The average Bonchev–Trinajstić information content (AvgIpc) is 3.49. The van der Waals surface area contributed by atoms with Crippen LogP contribution in [0.15, 0.2) is 103 Å². The summed E-state index contributed by atoms with van der Waals surface area (Å²) in [5.41, 5.74) is 5.30. The summed E-state index contributed by atoms with van der Waals surface area (Å²) < 4.78 is 5.75. The first kappa shape index (κ1) is 27.2. The Morgan fingerprint density at radius 3 is 2.11 bits per heavy atom. The van der Waals surface area contributed by atoms with Gasteiger partial charge in [-0.3, -0.25) is 0 Å². The number of rotatable bonds is 6. The van der Waals surface area contributed by atoms with Crippen molar-refractivity contribution in [2.45, 2.75) is 32.1 Å². The van der Waals surface area contributed by atoms with Crippen LogP contribution in [0.5, 0.6) is 5.75 Å². The van der Waals surface area contributed by atoms with Crippen LogP contribution in [-0.4, -0.2) is 7.11 Å². The molecule has 0 saturated heterocycles. The molecule has 6 aromatic rings. The van der Waals surface area contributed by atoms with Gasteiger partial charge in [0.2, 0.25) is 0 Å². The fraction of sp³-hybridized carbons (Fsp3) is 0.176. The van der Waals surface area contributed by atoms with Gasteiger partial charge in [-0.25, -0.2) is 0 Å². The summed E-state index contributed by atoms with van der Waals surface area (Å²) in [7, 11) is 11.6. The van der Waals surface area contributed by atoms with Gasteiger partial charge in [0.15, 0.2) is 0 Å². The predicted octanol–water partition coefficient (Wildman–Crippen LogP) is 10.1. The van der Waals surface area contributed by atoms with Crippen molar-refractivity contribution in [2.75, 3.05) is 7.11 Å². The number of hydrogen-bond acceptors (Lipinski definition) is 1. The second kappa shape index (κ2) is 11.8. The van der Waals surface area contributed by atoms with E-state index in [1.54, 1.807) is 7.11 Å². The number of ether oxygens (including phenoxy) is 1. The Balaban J connectivity index is 0.000000937. The molecule has 0 heterocycles. The number of fused-ring (bicyclic) bond motifs is 4. The van der Waals surface area contributed by atoms with Crippen LogP contribution in [0.2, 0.25) is 0 Å². The molecule has 6 aromatic carbocycles. The summed E-state index contributed by atoms with van der Waals surface area (Å²) in [6, 6.07) is 37.4. The summed E-state index contributed by atoms with van der Waals surface area (Å²) in [6.07, 6.45) is 2.04. The quantitative estimate of drug-likeness (QED) is 0.169. The van der Waals surface area contributed by atoms with Crippen LogP contribution in [0.1, 0.15) is 36.1 Å². The molecule has 190 valence electrons. The predicted molar refractivity (Wildman–Crippen MR) is 161 cm³/mol. The molecule has 0 aliphatic rings. The van der Waals surface area contributed by atoms with Crippen molar-refractivity contribution in [3.05, 3.63) is 125 Å². The number of aryl methyl sites for hydroxylation is 2. The van der Waals surface area contributed by atoms with E-state index >= 15 is 0 Å². The van der Waals surface area contributed by atoms with E-state index in [4.69, 9.17) is 21.8 Å². The van der Waals surface area contributed by atoms with Gasteiger partial charge < -0.3 is 4.74 Å². The van der Waals surface area contributed by atoms with E-state index in [0.29, 0.717) is 0 Å². The Morgan fingerprint density at radius 2 is 1.34 bits per heavy atom. The zero-order chi connectivity index (χ0) is 26.7. The molecular formula is C34H30Cl2OZr. The Hall–Kier alpha value is -2.38. The van der Waals surface area contributed by atoms with Crippen molar-refractivity contribution in [1.82, 2.24) is 0 Å². The molecule has 0 radical (unpaired) electrons. The number of methoxy groups -OCH3 is 1. The zero-order valence-electron chi connectivity index (χ0n) is 21.9. The minimum absolute atomic E-state index is 0.176. The summed E-state index contributed by atoms with van der Waals surface area (Å²) in [5, 5.41) is 8.21.